The summed E-state index contributed by atoms with van der Waals surface area (Å²) >= 11 is 0. The first kappa shape index (κ1) is 37.5. The summed E-state index contributed by atoms with van der Waals surface area (Å²) in [5, 5.41) is 10.8. The van der Waals surface area contributed by atoms with E-state index in [1.54, 1.807) is 22.9 Å². The van der Waals surface area contributed by atoms with Crippen molar-refractivity contribution in [1.29, 1.82) is 0 Å². The van der Waals surface area contributed by atoms with Crippen LogP contribution in [-0.4, -0.2) is 102 Å². The van der Waals surface area contributed by atoms with E-state index in [1.807, 2.05) is 19.2 Å². The van der Waals surface area contributed by atoms with E-state index in [0.29, 0.717) is 37.7 Å². The number of nitrogens with one attached hydrogen (secondary N) is 2. The summed E-state index contributed by atoms with van der Waals surface area (Å²) in [6.07, 6.45) is 0.124. The van der Waals surface area contributed by atoms with Crippen molar-refractivity contribution < 1.29 is 31.2 Å². The monoisotopic (exact) mass is 768 g/mol. The highest BCUT2D eigenvalue weighted by atomic mass is 32.2. The van der Waals surface area contributed by atoms with Crippen molar-refractivity contribution in [3.63, 3.8) is 0 Å². The Hall–Kier alpha value is -4.81. The molecule has 3 aliphatic rings. The number of fused-ring (bicyclic) bond motifs is 1. The number of hydrogen-bond acceptors (Lipinski definition) is 10. The molecule has 0 unspecified atom stereocenters. The lowest BCUT2D eigenvalue weighted by molar-refractivity contribution is -0.138. The highest BCUT2D eigenvalue weighted by molar-refractivity contribution is 7.89. The summed E-state index contributed by atoms with van der Waals surface area (Å²) in [5.41, 5.74) is 1.98. The molecule has 0 aliphatic carbocycles. The van der Waals surface area contributed by atoms with Gasteiger partial charge in [-0.1, -0.05) is 12.1 Å². The van der Waals surface area contributed by atoms with Crippen molar-refractivity contribution in [3.8, 4) is 0 Å². The molecule has 18 heteroatoms. The summed E-state index contributed by atoms with van der Waals surface area (Å²) in [6.45, 7) is 4.08. The van der Waals surface area contributed by atoms with Gasteiger partial charge in [-0.15, -0.1) is 0 Å². The van der Waals surface area contributed by atoms with Gasteiger partial charge in [0.1, 0.15) is 0 Å². The van der Waals surface area contributed by atoms with Gasteiger partial charge < -0.3 is 15.1 Å². The van der Waals surface area contributed by atoms with E-state index in [-0.39, 0.29) is 42.3 Å². The lowest BCUT2D eigenvalue weighted by Crippen LogP contribution is -2.49. The maximum Gasteiger partial charge on any atom is 0.419 e. The Morgan fingerprint density at radius 2 is 1.69 bits per heavy atom. The van der Waals surface area contributed by atoms with Crippen LogP contribution in [0.25, 0.3) is 10.9 Å². The van der Waals surface area contributed by atoms with E-state index < -0.39 is 27.8 Å². The van der Waals surface area contributed by atoms with Gasteiger partial charge in [0.15, 0.2) is 5.82 Å². The van der Waals surface area contributed by atoms with Crippen LogP contribution in [-0.2, 0) is 34.6 Å². The lowest BCUT2D eigenvalue weighted by Gasteiger charge is -2.35. The average Bonchev–Trinajstić information content (AvgIpc) is 3.47. The normalized spacial score (nSPS) is 18.5. The molecule has 7 rings (SSSR count). The van der Waals surface area contributed by atoms with Gasteiger partial charge in [-0.05, 0) is 74.5 Å². The molecular weight excluding hydrogens is 726 g/mol. The molecule has 0 atom stereocenters. The molecule has 3 fully saturated rings. The van der Waals surface area contributed by atoms with Gasteiger partial charge in [0.25, 0.3) is 0 Å². The van der Waals surface area contributed by atoms with Crippen LogP contribution in [0, 0.1) is 5.92 Å². The highest BCUT2D eigenvalue weighted by Gasteiger charge is 2.33. The van der Waals surface area contributed by atoms with Crippen LogP contribution in [0.5, 0.6) is 0 Å². The minimum absolute atomic E-state index is 0.0800. The standard InChI is InChI=1S/C36H43F3N10O4S/c1-45(22-24-8-13-47(14-9-24)28-6-7-30-31(19-28)46(2)44-33(30)49-17-12-32(50)43-35(49)51)23-25-4-3-5-29(18-25)54(52,53)48-15-10-27(11-16-48)42-34-40-20-26(21-41-34)36(37,38)39/h3-7,18-21,24,27H,8-17,22-23H2,1-2H3,(H,40,41,42)(H,43,50,51). The number of aryl methyl sites for hydroxylation is 1. The van der Waals surface area contributed by atoms with Crippen molar-refractivity contribution in [2.45, 2.75) is 55.8 Å². The number of urea groups is 1. The SMILES string of the molecule is CN(Cc1cccc(S(=O)(=O)N2CCC(Nc3ncc(C(F)(F)F)cn3)CC2)c1)CC1CCN(c2ccc3c(N4CCC(=O)NC4=O)nn(C)c3c2)CC1. The molecular formula is C36H43F3N10O4S. The molecule has 0 saturated carbocycles. The summed E-state index contributed by atoms with van der Waals surface area (Å²) in [5.74, 6) is 0.818. The Morgan fingerprint density at radius 1 is 0.963 bits per heavy atom. The molecule has 288 valence electrons. The molecule has 2 aromatic heterocycles. The molecule has 14 nitrogen and oxygen atoms in total. The van der Waals surface area contributed by atoms with Gasteiger partial charge in [-0.25, -0.2) is 23.2 Å². The maximum atomic E-state index is 13.6. The van der Waals surface area contributed by atoms with Gasteiger partial charge in [-0.3, -0.25) is 19.7 Å². The molecule has 0 spiro atoms. The van der Waals surface area contributed by atoms with Gasteiger partial charge >= 0.3 is 12.2 Å². The third-order valence-electron chi connectivity index (χ3n) is 10.4. The number of sulfonamides is 1. The molecule has 54 heavy (non-hydrogen) atoms. The third kappa shape index (κ3) is 8.14. The highest BCUT2D eigenvalue weighted by Crippen LogP contribution is 2.33. The minimum Gasteiger partial charge on any atom is -0.371 e. The molecule has 5 heterocycles. The van der Waals surface area contributed by atoms with Gasteiger partial charge in [0, 0.05) is 88.8 Å². The van der Waals surface area contributed by atoms with Gasteiger partial charge in [0.2, 0.25) is 21.9 Å². The van der Waals surface area contributed by atoms with Crippen molar-refractivity contribution in [1.82, 2.24) is 34.3 Å². The van der Waals surface area contributed by atoms with Crippen LogP contribution >= 0.6 is 0 Å². The predicted octanol–water partition coefficient (Wildman–Crippen LogP) is 4.44. The Kier molecular flexibility index (Phi) is 10.5. The van der Waals surface area contributed by atoms with Gasteiger partial charge in [0.05, 0.1) is 16.0 Å². The Labute approximate surface area is 311 Å². The quantitative estimate of drug-likeness (QED) is 0.237. The molecule has 3 saturated heterocycles. The first-order chi connectivity index (χ1) is 25.7. The van der Waals surface area contributed by atoms with E-state index in [0.717, 1.165) is 67.0 Å². The number of carbonyl (C=O) groups is 2. The third-order valence-corrected chi connectivity index (χ3v) is 12.3. The fourth-order valence-corrected chi connectivity index (χ4v) is 9.05. The second-order valence-electron chi connectivity index (χ2n) is 14.3. The number of hydrogen-bond donors (Lipinski definition) is 2. The summed E-state index contributed by atoms with van der Waals surface area (Å²) in [4.78, 5) is 38.0. The number of anilines is 3. The van der Waals surface area contributed by atoms with E-state index in [1.165, 1.54) is 9.21 Å². The van der Waals surface area contributed by atoms with E-state index in [9.17, 15) is 31.2 Å². The van der Waals surface area contributed by atoms with Crippen LogP contribution in [0.15, 0.2) is 59.8 Å². The molecule has 0 bridgehead atoms. The van der Waals surface area contributed by atoms with Crippen LogP contribution in [0.4, 0.5) is 35.4 Å². The smallest absolute Gasteiger partial charge is 0.371 e. The number of piperidine rings is 2. The zero-order chi connectivity index (χ0) is 38.2. The number of nitrogens with zero attached hydrogens (tertiary/aromatic N) is 8. The van der Waals surface area contributed by atoms with Crippen LogP contribution < -0.4 is 20.4 Å². The predicted molar refractivity (Wildman–Crippen MR) is 196 cm³/mol. The second kappa shape index (κ2) is 15.1. The lowest BCUT2D eigenvalue weighted by atomic mass is 9.95. The molecule has 2 aromatic carbocycles. The number of carbonyl (C=O) groups excluding carboxylic acids is 2. The molecule has 2 N–H and O–H groups in total. The molecule has 3 amide bonds. The topological polar surface area (TPSA) is 149 Å². The Bertz CT molecular complexity index is 2110. The zero-order valence-electron chi connectivity index (χ0n) is 30.1. The van der Waals surface area contributed by atoms with E-state index in [4.69, 9.17) is 0 Å². The Balaban J connectivity index is 0.894. The van der Waals surface area contributed by atoms with Crippen molar-refractivity contribution in [3.05, 3.63) is 66.0 Å². The van der Waals surface area contributed by atoms with Crippen molar-refractivity contribution in [2.24, 2.45) is 13.0 Å². The van der Waals surface area contributed by atoms with Gasteiger partial charge in [-0.2, -0.15) is 22.6 Å². The first-order valence-corrected chi connectivity index (χ1v) is 19.4. The number of halogens is 3. The van der Waals surface area contributed by atoms with Crippen LogP contribution in [0.2, 0.25) is 0 Å². The van der Waals surface area contributed by atoms with Crippen LogP contribution in [0.1, 0.15) is 43.2 Å². The van der Waals surface area contributed by atoms with Crippen molar-refractivity contribution in [2.75, 3.05) is 61.4 Å². The molecule has 4 aromatic rings. The second-order valence-corrected chi connectivity index (χ2v) is 16.2. The number of rotatable bonds is 10. The van der Waals surface area contributed by atoms with E-state index in [2.05, 4.69) is 54.7 Å². The Morgan fingerprint density at radius 3 is 2.37 bits per heavy atom. The molecule has 0 radical (unpaired) electrons. The number of amides is 3. The zero-order valence-corrected chi connectivity index (χ0v) is 30.9. The summed E-state index contributed by atoms with van der Waals surface area (Å²) in [7, 11) is 0.169. The minimum atomic E-state index is -4.52. The molecule has 3 aliphatic heterocycles. The first-order valence-electron chi connectivity index (χ1n) is 18.0. The summed E-state index contributed by atoms with van der Waals surface area (Å²) in [6, 6.07) is 12.6. The number of alkyl halides is 3. The number of aromatic nitrogens is 4. The largest absolute Gasteiger partial charge is 0.419 e. The van der Waals surface area contributed by atoms with Crippen molar-refractivity contribution >= 4 is 50.3 Å². The maximum absolute atomic E-state index is 13.6. The van der Waals surface area contributed by atoms with E-state index >= 15 is 0 Å². The average molecular weight is 769 g/mol. The number of benzene rings is 2. The number of imide groups is 1. The fraction of sp³-hybridized carbons (Fsp3) is 0.472. The fourth-order valence-electron chi connectivity index (χ4n) is 7.51. The van der Waals surface area contributed by atoms with Crippen LogP contribution in [0.3, 0.4) is 0 Å². The summed E-state index contributed by atoms with van der Waals surface area (Å²) < 4.78 is 68.9.